The lowest BCUT2D eigenvalue weighted by atomic mass is 10.1. The van der Waals surface area contributed by atoms with Crippen LogP contribution in [0.5, 0.6) is 17.2 Å². The molecule has 1 heterocycles. The molecule has 168 valence electrons. The number of ether oxygens (including phenoxy) is 3. The van der Waals surface area contributed by atoms with E-state index in [2.05, 4.69) is 0 Å². The maximum Gasteiger partial charge on any atom is 0.264 e. The van der Waals surface area contributed by atoms with Crippen molar-refractivity contribution in [3.63, 3.8) is 0 Å². The number of sulfonamides is 1. The summed E-state index contributed by atoms with van der Waals surface area (Å²) in [7, 11) is 0.380. The lowest BCUT2D eigenvalue weighted by Gasteiger charge is -2.31. The lowest BCUT2D eigenvalue weighted by Crippen LogP contribution is -2.45. The molecule has 8 nitrogen and oxygen atoms in total. The van der Waals surface area contributed by atoms with Crippen molar-refractivity contribution < 1.29 is 27.4 Å². The van der Waals surface area contributed by atoms with Crippen LogP contribution < -0.4 is 18.5 Å². The summed E-state index contributed by atoms with van der Waals surface area (Å²) in [6.45, 7) is 0.924. The lowest BCUT2D eigenvalue weighted by molar-refractivity contribution is -0.130. The second-order valence-corrected chi connectivity index (χ2v) is 9.03. The van der Waals surface area contributed by atoms with Crippen LogP contribution in [0.1, 0.15) is 19.3 Å². The molecule has 1 saturated heterocycles. The van der Waals surface area contributed by atoms with Crippen molar-refractivity contribution in [2.24, 2.45) is 0 Å². The second kappa shape index (κ2) is 9.91. The zero-order valence-electron chi connectivity index (χ0n) is 18.0. The highest BCUT2D eigenvalue weighted by atomic mass is 32.2. The highest BCUT2D eigenvalue weighted by molar-refractivity contribution is 7.92. The Balaban J connectivity index is 2.06. The number of carbonyl (C=O) groups excluding carboxylic acids is 1. The van der Waals surface area contributed by atoms with Crippen LogP contribution >= 0.6 is 0 Å². The number of rotatable bonds is 8. The first-order valence-electron chi connectivity index (χ1n) is 10.1. The highest BCUT2D eigenvalue weighted by Gasteiger charge is 2.31. The van der Waals surface area contributed by atoms with E-state index in [9.17, 15) is 13.2 Å². The molecule has 3 rings (SSSR count). The molecular formula is C22H28N2O6S. The molecule has 2 aromatic rings. The van der Waals surface area contributed by atoms with Crippen LogP contribution in [0, 0.1) is 0 Å². The van der Waals surface area contributed by atoms with E-state index in [1.165, 1.54) is 33.5 Å². The Kier molecular flexibility index (Phi) is 7.27. The molecule has 1 aliphatic rings. The van der Waals surface area contributed by atoms with Crippen LogP contribution in [-0.2, 0) is 14.8 Å². The van der Waals surface area contributed by atoms with E-state index in [4.69, 9.17) is 14.2 Å². The summed E-state index contributed by atoms with van der Waals surface area (Å²) in [5.74, 6) is 1.07. The molecule has 0 radical (unpaired) electrons. The largest absolute Gasteiger partial charge is 0.497 e. The Morgan fingerprint density at radius 3 is 2.10 bits per heavy atom. The molecule has 0 aromatic heterocycles. The van der Waals surface area contributed by atoms with E-state index in [1.54, 1.807) is 35.2 Å². The average molecular weight is 449 g/mol. The van der Waals surface area contributed by atoms with Crippen molar-refractivity contribution in [2.75, 3.05) is 45.3 Å². The fourth-order valence-corrected chi connectivity index (χ4v) is 4.95. The van der Waals surface area contributed by atoms with Gasteiger partial charge in [-0.15, -0.1) is 0 Å². The van der Waals surface area contributed by atoms with Gasteiger partial charge in [0.25, 0.3) is 10.0 Å². The average Bonchev–Trinajstić information content (AvgIpc) is 2.82. The normalized spacial score (nSPS) is 14.1. The van der Waals surface area contributed by atoms with Gasteiger partial charge in [-0.3, -0.25) is 9.10 Å². The second-order valence-electron chi connectivity index (χ2n) is 7.17. The van der Waals surface area contributed by atoms with Gasteiger partial charge in [0, 0.05) is 19.2 Å². The van der Waals surface area contributed by atoms with E-state index in [0.717, 1.165) is 23.6 Å². The molecule has 31 heavy (non-hydrogen) atoms. The molecule has 0 bridgehead atoms. The number of amides is 1. The third kappa shape index (κ3) is 5.04. The van der Waals surface area contributed by atoms with Crippen molar-refractivity contribution in [3.05, 3.63) is 42.5 Å². The minimum absolute atomic E-state index is 0.0459. The third-order valence-electron chi connectivity index (χ3n) is 5.29. The Morgan fingerprint density at radius 2 is 1.52 bits per heavy atom. The van der Waals surface area contributed by atoms with Crippen LogP contribution in [0.25, 0.3) is 0 Å². The van der Waals surface area contributed by atoms with Gasteiger partial charge in [0.1, 0.15) is 23.8 Å². The summed E-state index contributed by atoms with van der Waals surface area (Å²) in [6, 6.07) is 10.9. The molecule has 1 fully saturated rings. The zero-order valence-corrected chi connectivity index (χ0v) is 18.9. The first kappa shape index (κ1) is 22.7. The third-order valence-corrected chi connectivity index (χ3v) is 7.06. The SMILES string of the molecule is COc1ccc(S(=O)(=O)N(CC(=O)N2CCCCC2)c2cc(OC)ccc2OC)cc1. The van der Waals surface area contributed by atoms with Crippen LogP contribution in [0.3, 0.4) is 0 Å². The van der Waals surface area contributed by atoms with Crippen molar-refractivity contribution in [1.29, 1.82) is 0 Å². The summed E-state index contributed by atoms with van der Waals surface area (Å²) >= 11 is 0. The maximum absolute atomic E-state index is 13.6. The number of benzene rings is 2. The molecule has 9 heteroatoms. The summed E-state index contributed by atoms with van der Waals surface area (Å²) in [5.41, 5.74) is 0.239. The number of piperidine rings is 1. The van der Waals surface area contributed by atoms with Crippen LogP contribution in [0.15, 0.2) is 47.4 Å². The number of hydrogen-bond donors (Lipinski definition) is 0. The number of hydrogen-bond acceptors (Lipinski definition) is 6. The van der Waals surface area contributed by atoms with Crippen LogP contribution in [0.4, 0.5) is 5.69 Å². The first-order valence-corrected chi connectivity index (χ1v) is 11.5. The fraction of sp³-hybridized carbons (Fsp3) is 0.409. The molecular weight excluding hydrogens is 420 g/mol. The molecule has 0 N–H and O–H groups in total. The summed E-state index contributed by atoms with van der Waals surface area (Å²) < 4.78 is 44.2. The van der Waals surface area contributed by atoms with Gasteiger partial charge >= 0.3 is 0 Å². The fourth-order valence-electron chi connectivity index (χ4n) is 3.53. The Hall–Kier alpha value is -2.94. The Morgan fingerprint density at radius 1 is 0.903 bits per heavy atom. The minimum atomic E-state index is -4.08. The standard InChI is InChI=1S/C22H28N2O6S/c1-28-17-7-10-19(11-8-17)31(26,27)24(16-22(25)23-13-5-4-6-14-23)20-15-18(29-2)9-12-21(20)30-3/h7-12,15H,4-6,13-14,16H2,1-3H3. The quantitative estimate of drug-likeness (QED) is 0.617. The summed E-state index contributed by atoms with van der Waals surface area (Å²) in [5, 5.41) is 0. The zero-order chi connectivity index (χ0) is 22.4. The molecule has 2 aromatic carbocycles. The van der Waals surface area contributed by atoms with E-state index >= 15 is 0 Å². The number of carbonyl (C=O) groups is 1. The maximum atomic E-state index is 13.6. The van der Waals surface area contributed by atoms with E-state index in [1.807, 2.05) is 0 Å². The monoisotopic (exact) mass is 448 g/mol. The van der Waals surface area contributed by atoms with Gasteiger partial charge < -0.3 is 19.1 Å². The number of methoxy groups -OCH3 is 3. The summed E-state index contributed by atoms with van der Waals surface area (Å²) in [4.78, 5) is 14.8. The first-order chi connectivity index (χ1) is 14.9. The predicted molar refractivity (Wildman–Crippen MR) is 118 cm³/mol. The molecule has 0 aliphatic carbocycles. The molecule has 0 atom stereocenters. The van der Waals surface area contributed by atoms with Crippen LogP contribution in [0.2, 0.25) is 0 Å². The number of likely N-dealkylation sites (tertiary alicyclic amines) is 1. The van der Waals surface area contributed by atoms with Gasteiger partial charge in [0.15, 0.2) is 0 Å². The Labute approximate surface area is 183 Å². The van der Waals surface area contributed by atoms with Crippen molar-refractivity contribution in [1.82, 2.24) is 4.90 Å². The molecule has 1 aliphatic heterocycles. The smallest absolute Gasteiger partial charge is 0.264 e. The number of anilines is 1. The van der Waals surface area contributed by atoms with Crippen molar-refractivity contribution in [3.8, 4) is 17.2 Å². The molecule has 1 amide bonds. The van der Waals surface area contributed by atoms with E-state index in [-0.39, 0.29) is 23.0 Å². The number of nitrogens with zero attached hydrogens (tertiary/aromatic N) is 2. The molecule has 0 spiro atoms. The van der Waals surface area contributed by atoms with Gasteiger partial charge in [-0.1, -0.05) is 0 Å². The minimum Gasteiger partial charge on any atom is -0.497 e. The van der Waals surface area contributed by atoms with E-state index < -0.39 is 10.0 Å². The van der Waals surface area contributed by atoms with Gasteiger partial charge in [0.05, 0.1) is 31.9 Å². The molecule has 0 unspecified atom stereocenters. The Bertz CT molecular complexity index is 1000. The highest BCUT2D eigenvalue weighted by Crippen LogP contribution is 2.36. The van der Waals surface area contributed by atoms with Crippen molar-refractivity contribution >= 4 is 21.6 Å². The van der Waals surface area contributed by atoms with Gasteiger partial charge in [-0.05, 0) is 55.7 Å². The predicted octanol–water partition coefficient (Wildman–Crippen LogP) is 2.92. The van der Waals surface area contributed by atoms with E-state index in [0.29, 0.717) is 30.3 Å². The summed E-state index contributed by atoms with van der Waals surface area (Å²) in [6.07, 6.45) is 2.90. The topological polar surface area (TPSA) is 85.4 Å². The molecule has 0 saturated carbocycles. The van der Waals surface area contributed by atoms with Gasteiger partial charge in [-0.2, -0.15) is 0 Å². The van der Waals surface area contributed by atoms with Gasteiger partial charge in [-0.25, -0.2) is 8.42 Å². The van der Waals surface area contributed by atoms with Crippen molar-refractivity contribution in [2.45, 2.75) is 24.2 Å². The van der Waals surface area contributed by atoms with Gasteiger partial charge in [0.2, 0.25) is 5.91 Å². The van der Waals surface area contributed by atoms with Crippen LogP contribution in [-0.4, -0.2) is 60.2 Å².